The van der Waals surface area contributed by atoms with Crippen molar-refractivity contribution in [3.05, 3.63) is 0 Å². The van der Waals surface area contributed by atoms with Crippen LogP contribution in [-0.4, -0.2) is 57.7 Å². The Bertz CT molecular complexity index is 376. The average Bonchev–Trinajstić information content (AvgIpc) is 2.18. The molecule has 0 bridgehead atoms. The zero-order chi connectivity index (χ0) is 13.8. The number of rotatable bonds is 0. The summed E-state index contributed by atoms with van der Waals surface area (Å²) in [5.41, 5.74) is -4.29. The van der Waals surface area contributed by atoms with Crippen LogP contribution in [0.1, 0.15) is 19.8 Å². The minimum Gasteiger partial charge on any atom is -0.390 e. The number of nitrogens with zero attached hydrogens (tertiary/aromatic N) is 1. The summed E-state index contributed by atoms with van der Waals surface area (Å²) in [5.74, 6) is -0.810. The summed E-state index contributed by atoms with van der Waals surface area (Å²) in [6.45, 7) is 1.50. The van der Waals surface area contributed by atoms with Crippen LogP contribution in [0.15, 0.2) is 0 Å². The standard InChI is InChI=1S/C10H15F3N2O3/c1-8-5-9(18,10(11,12)13)2-7(17)15(8)4-6(16)3-14-8/h6,14,16,18H,2-5H2,1H3/t6-,8-,9-/m0/s1. The van der Waals surface area contributed by atoms with E-state index in [0.29, 0.717) is 0 Å². The number of piperidine rings is 1. The molecule has 2 aliphatic rings. The lowest BCUT2D eigenvalue weighted by molar-refractivity contribution is -0.284. The Morgan fingerprint density at radius 2 is 2.11 bits per heavy atom. The SMILES string of the molecule is C[C@@]12C[C@](O)(C(F)(F)F)CC(=O)N1C[C@@H](O)CN2. The van der Waals surface area contributed by atoms with Gasteiger partial charge in [-0.15, -0.1) is 0 Å². The van der Waals surface area contributed by atoms with Gasteiger partial charge in [0.2, 0.25) is 5.91 Å². The lowest BCUT2D eigenvalue weighted by Gasteiger charge is -2.54. The van der Waals surface area contributed by atoms with Crippen LogP contribution in [0.2, 0.25) is 0 Å². The van der Waals surface area contributed by atoms with Gasteiger partial charge in [0.25, 0.3) is 0 Å². The molecule has 2 rings (SSSR count). The highest BCUT2D eigenvalue weighted by Crippen LogP contribution is 2.44. The molecule has 8 heteroatoms. The molecular weight excluding hydrogens is 253 g/mol. The van der Waals surface area contributed by atoms with Crippen molar-refractivity contribution in [2.75, 3.05) is 13.1 Å². The molecule has 0 radical (unpaired) electrons. The normalized spacial score (nSPS) is 41.8. The van der Waals surface area contributed by atoms with Crippen LogP contribution in [-0.2, 0) is 4.79 Å². The lowest BCUT2D eigenvalue weighted by Crippen LogP contribution is -2.74. The molecule has 2 aliphatic heterocycles. The van der Waals surface area contributed by atoms with Gasteiger partial charge in [0, 0.05) is 19.5 Å². The van der Waals surface area contributed by atoms with Crippen molar-refractivity contribution in [3.8, 4) is 0 Å². The number of halogens is 3. The second-order valence-electron chi connectivity index (χ2n) is 5.20. The fraction of sp³-hybridized carbons (Fsp3) is 0.900. The van der Waals surface area contributed by atoms with E-state index in [4.69, 9.17) is 0 Å². The van der Waals surface area contributed by atoms with Crippen LogP contribution in [0.25, 0.3) is 0 Å². The summed E-state index contributed by atoms with van der Waals surface area (Å²) in [6.07, 6.45) is -7.29. The molecule has 2 fully saturated rings. The highest BCUT2D eigenvalue weighted by Gasteiger charge is 2.63. The van der Waals surface area contributed by atoms with Gasteiger partial charge in [-0.3, -0.25) is 10.1 Å². The third-order valence-corrected chi connectivity index (χ3v) is 3.62. The summed E-state index contributed by atoms with van der Waals surface area (Å²) in [7, 11) is 0. The molecule has 18 heavy (non-hydrogen) atoms. The van der Waals surface area contributed by atoms with Crippen molar-refractivity contribution in [3.63, 3.8) is 0 Å². The number of aliphatic hydroxyl groups is 2. The van der Waals surface area contributed by atoms with E-state index >= 15 is 0 Å². The van der Waals surface area contributed by atoms with Gasteiger partial charge < -0.3 is 15.1 Å². The van der Waals surface area contributed by atoms with Crippen LogP contribution in [0.3, 0.4) is 0 Å². The van der Waals surface area contributed by atoms with Crippen LogP contribution in [0.5, 0.6) is 0 Å². The topological polar surface area (TPSA) is 72.8 Å². The quantitative estimate of drug-likeness (QED) is 0.558. The van der Waals surface area contributed by atoms with E-state index in [1.165, 1.54) is 11.8 Å². The van der Waals surface area contributed by atoms with Gasteiger partial charge in [-0.1, -0.05) is 0 Å². The summed E-state index contributed by atoms with van der Waals surface area (Å²) in [5, 5.41) is 21.8. The number of amides is 1. The third-order valence-electron chi connectivity index (χ3n) is 3.62. The molecule has 2 saturated heterocycles. The molecule has 3 N–H and O–H groups in total. The number of carbonyl (C=O) groups excluding carboxylic acids is 1. The van der Waals surface area contributed by atoms with Crippen molar-refractivity contribution in [2.24, 2.45) is 0 Å². The predicted octanol–water partition coefficient (Wildman–Crippen LogP) is -0.418. The monoisotopic (exact) mass is 268 g/mol. The third kappa shape index (κ3) is 1.98. The second kappa shape index (κ2) is 3.82. The second-order valence-corrected chi connectivity index (χ2v) is 5.20. The number of alkyl halides is 3. The molecule has 0 unspecified atom stereocenters. The van der Waals surface area contributed by atoms with Gasteiger partial charge in [-0.25, -0.2) is 0 Å². The predicted molar refractivity (Wildman–Crippen MR) is 54.4 cm³/mol. The molecule has 0 spiro atoms. The first kappa shape index (κ1) is 13.6. The molecular formula is C10H15F3N2O3. The first-order valence-corrected chi connectivity index (χ1v) is 5.60. The number of hydrogen-bond donors (Lipinski definition) is 3. The summed E-state index contributed by atoms with van der Waals surface area (Å²) >= 11 is 0. The Morgan fingerprint density at radius 3 is 2.67 bits per heavy atom. The van der Waals surface area contributed by atoms with E-state index in [0.717, 1.165) is 0 Å². The van der Waals surface area contributed by atoms with Gasteiger partial charge in [-0.2, -0.15) is 13.2 Å². The highest BCUT2D eigenvalue weighted by molar-refractivity contribution is 5.79. The molecule has 0 aromatic heterocycles. The summed E-state index contributed by atoms with van der Waals surface area (Å²) in [4.78, 5) is 12.9. The molecule has 2 heterocycles. The molecule has 104 valence electrons. The fourth-order valence-electron chi connectivity index (χ4n) is 2.62. The van der Waals surface area contributed by atoms with Crippen molar-refractivity contribution >= 4 is 5.91 Å². The summed E-state index contributed by atoms with van der Waals surface area (Å²) < 4.78 is 38.4. The maximum atomic E-state index is 12.8. The number of aliphatic hydroxyl groups excluding tert-OH is 1. The number of carbonyl (C=O) groups is 1. The Kier molecular flexibility index (Phi) is 2.88. The van der Waals surface area contributed by atoms with E-state index in [1.807, 2.05) is 0 Å². The van der Waals surface area contributed by atoms with Crippen molar-refractivity contribution in [1.82, 2.24) is 10.2 Å². The summed E-state index contributed by atoms with van der Waals surface area (Å²) in [6, 6.07) is 0. The lowest BCUT2D eigenvalue weighted by atomic mass is 9.80. The Balaban J connectivity index is 2.30. The van der Waals surface area contributed by atoms with Gasteiger partial charge in [0.05, 0.1) is 18.2 Å². The van der Waals surface area contributed by atoms with E-state index in [-0.39, 0.29) is 13.1 Å². The smallest absolute Gasteiger partial charge is 0.390 e. The highest BCUT2D eigenvalue weighted by atomic mass is 19.4. The van der Waals surface area contributed by atoms with Gasteiger partial charge >= 0.3 is 6.18 Å². The zero-order valence-corrected chi connectivity index (χ0v) is 9.79. The number of hydrogen-bond acceptors (Lipinski definition) is 4. The minimum absolute atomic E-state index is 0.0176. The van der Waals surface area contributed by atoms with Gasteiger partial charge in [0.15, 0.2) is 5.60 Å². The number of nitrogens with one attached hydrogen (secondary N) is 1. The molecule has 0 aromatic carbocycles. The van der Waals surface area contributed by atoms with E-state index < -0.39 is 42.3 Å². The molecule has 5 nitrogen and oxygen atoms in total. The molecule has 0 aliphatic carbocycles. The van der Waals surface area contributed by atoms with Crippen LogP contribution in [0.4, 0.5) is 13.2 Å². The van der Waals surface area contributed by atoms with Gasteiger partial charge in [0.1, 0.15) is 0 Å². The average molecular weight is 268 g/mol. The first-order valence-electron chi connectivity index (χ1n) is 5.60. The Morgan fingerprint density at radius 1 is 1.50 bits per heavy atom. The van der Waals surface area contributed by atoms with Crippen molar-refractivity contribution < 1.29 is 28.2 Å². The number of fused-ring (bicyclic) bond motifs is 1. The number of β-amino-alcohol motifs (C(OH)–C–C–N with tert-alkyl or cyclic N) is 1. The van der Waals surface area contributed by atoms with Crippen molar-refractivity contribution in [2.45, 2.75) is 43.3 Å². The zero-order valence-electron chi connectivity index (χ0n) is 9.79. The largest absolute Gasteiger partial charge is 0.417 e. The van der Waals surface area contributed by atoms with E-state index in [1.54, 1.807) is 0 Å². The van der Waals surface area contributed by atoms with E-state index in [2.05, 4.69) is 5.32 Å². The van der Waals surface area contributed by atoms with Crippen molar-refractivity contribution in [1.29, 1.82) is 0 Å². The maximum Gasteiger partial charge on any atom is 0.417 e. The molecule has 0 aromatic rings. The molecule has 1 amide bonds. The molecule has 3 atom stereocenters. The Labute approximate surface area is 102 Å². The maximum absolute atomic E-state index is 12.8. The molecule has 0 saturated carbocycles. The van der Waals surface area contributed by atoms with Crippen LogP contribution in [0, 0.1) is 0 Å². The first-order chi connectivity index (χ1) is 8.07. The van der Waals surface area contributed by atoms with Gasteiger partial charge in [-0.05, 0) is 6.92 Å². The van der Waals surface area contributed by atoms with Crippen LogP contribution < -0.4 is 5.32 Å². The fourth-order valence-corrected chi connectivity index (χ4v) is 2.62. The van der Waals surface area contributed by atoms with Crippen LogP contribution >= 0.6 is 0 Å². The minimum atomic E-state index is -4.85. The van der Waals surface area contributed by atoms with E-state index in [9.17, 15) is 28.2 Å². The Hall–Kier alpha value is -0.860.